The maximum absolute atomic E-state index is 12.1. The predicted molar refractivity (Wildman–Crippen MR) is 64.5 cm³/mol. The second-order valence-electron chi connectivity index (χ2n) is 3.48. The Bertz CT molecular complexity index is 465. The first-order valence-electron chi connectivity index (χ1n) is 5.09. The Morgan fingerprint density at radius 1 is 1.06 bits per heavy atom. The molecule has 2 nitrogen and oxygen atoms in total. The standard InChI is InChI=1S/C14H12NO/c1-15(13-10-6-3-7-11-13)14(16)12-8-4-2-5-9-12/h2-10H,1H3. The van der Waals surface area contributed by atoms with E-state index in [1.54, 1.807) is 18.0 Å². The van der Waals surface area contributed by atoms with Gasteiger partial charge in [0, 0.05) is 18.7 Å². The van der Waals surface area contributed by atoms with E-state index in [9.17, 15) is 4.79 Å². The number of carbonyl (C=O) groups is 1. The molecule has 0 spiro atoms. The monoisotopic (exact) mass is 210 g/mol. The van der Waals surface area contributed by atoms with Crippen molar-refractivity contribution in [2.75, 3.05) is 11.9 Å². The number of para-hydroxylation sites is 1. The van der Waals surface area contributed by atoms with E-state index in [2.05, 4.69) is 6.07 Å². The van der Waals surface area contributed by atoms with Crippen LogP contribution in [0.15, 0.2) is 54.6 Å². The fourth-order valence-corrected chi connectivity index (χ4v) is 1.48. The van der Waals surface area contributed by atoms with Gasteiger partial charge in [0.05, 0.1) is 5.69 Å². The van der Waals surface area contributed by atoms with Crippen LogP contribution in [0, 0.1) is 6.07 Å². The Morgan fingerprint density at radius 3 is 2.38 bits per heavy atom. The second kappa shape index (κ2) is 4.62. The fraction of sp³-hybridized carbons (Fsp3) is 0.0714. The summed E-state index contributed by atoms with van der Waals surface area (Å²) in [5, 5.41) is 0. The highest BCUT2D eigenvalue weighted by atomic mass is 16.2. The highest BCUT2D eigenvalue weighted by Crippen LogP contribution is 2.13. The molecule has 1 radical (unpaired) electrons. The van der Waals surface area contributed by atoms with Crippen LogP contribution in [0.4, 0.5) is 5.69 Å². The van der Waals surface area contributed by atoms with Gasteiger partial charge in [-0.05, 0) is 18.2 Å². The highest BCUT2D eigenvalue weighted by molar-refractivity contribution is 6.05. The molecule has 0 heterocycles. The molecule has 0 bridgehead atoms. The molecule has 0 fully saturated rings. The third-order valence-corrected chi connectivity index (χ3v) is 2.38. The molecule has 0 aromatic heterocycles. The minimum Gasteiger partial charge on any atom is -0.311 e. The van der Waals surface area contributed by atoms with Crippen LogP contribution in [-0.2, 0) is 0 Å². The van der Waals surface area contributed by atoms with E-state index in [1.807, 2.05) is 48.5 Å². The van der Waals surface area contributed by atoms with Crippen LogP contribution in [0.5, 0.6) is 0 Å². The quantitative estimate of drug-likeness (QED) is 0.746. The SMILES string of the molecule is CN(C(=O)c1ccccc1)c1[c]cccc1. The number of hydrogen-bond donors (Lipinski definition) is 0. The van der Waals surface area contributed by atoms with E-state index in [0.717, 1.165) is 5.69 Å². The van der Waals surface area contributed by atoms with Crippen molar-refractivity contribution in [3.8, 4) is 0 Å². The molecule has 0 N–H and O–H groups in total. The van der Waals surface area contributed by atoms with Crippen LogP contribution in [0.3, 0.4) is 0 Å². The van der Waals surface area contributed by atoms with Crippen molar-refractivity contribution in [3.63, 3.8) is 0 Å². The van der Waals surface area contributed by atoms with E-state index in [1.165, 1.54) is 0 Å². The van der Waals surface area contributed by atoms with Gasteiger partial charge in [0.1, 0.15) is 0 Å². The molecule has 0 unspecified atom stereocenters. The van der Waals surface area contributed by atoms with Gasteiger partial charge in [-0.15, -0.1) is 0 Å². The number of rotatable bonds is 2. The maximum Gasteiger partial charge on any atom is 0.258 e. The fourth-order valence-electron chi connectivity index (χ4n) is 1.48. The molecular formula is C14H12NO. The van der Waals surface area contributed by atoms with E-state index < -0.39 is 0 Å². The van der Waals surface area contributed by atoms with E-state index in [-0.39, 0.29) is 5.91 Å². The first-order valence-corrected chi connectivity index (χ1v) is 5.09. The molecule has 0 aliphatic rings. The average molecular weight is 210 g/mol. The highest BCUT2D eigenvalue weighted by Gasteiger charge is 2.12. The lowest BCUT2D eigenvalue weighted by atomic mass is 10.2. The Morgan fingerprint density at radius 2 is 1.75 bits per heavy atom. The van der Waals surface area contributed by atoms with Crippen molar-refractivity contribution >= 4 is 11.6 Å². The van der Waals surface area contributed by atoms with Crippen molar-refractivity contribution < 1.29 is 4.79 Å². The third-order valence-electron chi connectivity index (χ3n) is 2.38. The summed E-state index contributed by atoms with van der Waals surface area (Å²) in [6, 6.07) is 19.7. The average Bonchev–Trinajstić information content (AvgIpc) is 2.39. The third kappa shape index (κ3) is 2.11. The summed E-state index contributed by atoms with van der Waals surface area (Å²) >= 11 is 0. The molecule has 0 aliphatic carbocycles. The van der Waals surface area contributed by atoms with Crippen LogP contribution in [-0.4, -0.2) is 13.0 Å². The number of benzene rings is 2. The number of nitrogens with zero attached hydrogens (tertiary/aromatic N) is 1. The van der Waals surface area contributed by atoms with Gasteiger partial charge in [0.2, 0.25) is 0 Å². The molecule has 0 aliphatic heterocycles. The van der Waals surface area contributed by atoms with Crippen LogP contribution < -0.4 is 4.90 Å². The molecule has 2 heteroatoms. The number of amides is 1. The Hall–Kier alpha value is -2.09. The minimum absolute atomic E-state index is 0.0250. The van der Waals surface area contributed by atoms with E-state index >= 15 is 0 Å². The molecule has 2 rings (SSSR count). The number of anilines is 1. The zero-order valence-electron chi connectivity index (χ0n) is 9.05. The largest absolute Gasteiger partial charge is 0.311 e. The predicted octanol–water partition coefficient (Wildman–Crippen LogP) is 2.76. The summed E-state index contributed by atoms with van der Waals surface area (Å²) < 4.78 is 0. The van der Waals surface area contributed by atoms with Gasteiger partial charge < -0.3 is 4.90 Å². The minimum atomic E-state index is -0.0250. The van der Waals surface area contributed by atoms with Crippen molar-refractivity contribution in [2.24, 2.45) is 0 Å². The first-order chi connectivity index (χ1) is 7.79. The first kappa shape index (κ1) is 10.4. The molecule has 2 aromatic carbocycles. The lowest BCUT2D eigenvalue weighted by Crippen LogP contribution is -2.26. The van der Waals surface area contributed by atoms with Crippen LogP contribution in [0.1, 0.15) is 10.4 Å². The molecule has 0 saturated heterocycles. The van der Waals surface area contributed by atoms with Gasteiger partial charge in [-0.1, -0.05) is 36.4 Å². The summed E-state index contributed by atoms with van der Waals surface area (Å²) in [6.45, 7) is 0. The van der Waals surface area contributed by atoms with Crippen molar-refractivity contribution in [2.45, 2.75) is 0 Å². The van der Waals surface area contributed by atoms with Crippen LogP contribution >= 0.6 is 0 Å². The molecule has 0 saturated carbocycles. The molecular weight excluding hydrogens is 198 g/mol. The second-order valence-corrected chi connectivity index (χ2v) is 3.48. The van der Waals surface area contributed by atoms with E-state index in [0.29, 0.717) is 5.56 Å². The summed E-state index contributed by atoms with van der Waals surface area (Å²) in [7, 11) is 1.75. The van der Waals surface area contributed by atoms with Crippen molar-refractivity contribution in [1.29, 1.82) is 0 Å². The maximum atomic E-state index is 12.1. The molecule has 1 amide bonds. The van der Waals surface area contributed by atoms with Gasteiger partial charge in [-0.2, -0.15) is 0 Å². The lowest BCUT2D eigenvalue weighted by molar-refractivity contribution is 0.0993. The zero-order chi connectivity index (χ0) is 11.4. The van der Waals surface area contributed by atoms with E-state index in [4.69, 9.17) is 0 Å². The van der Waals surface area contributed by atoms with Gasteiger partial charge >= 0.3 is 0 Å². The molecule has 16 heavy (non-hydrogen) atoms. The van der Waals surface area contributed by atoms with Gasteiger partial charge in [-0.25, -0.2) is 0 Å². The number of hydrogen-bond acceptors (Lipinski definition) is 1. The topological polar surface area (TPSA) is 20.3 Å². The van der Waals surface area contributed by atoms with Crippen LogP contribution in [0.25, 0.3) is 0 Å². The van der Waals surface area contributed by atoms with Gasteiger partial charge in [0.15, 0.2) is 0 Å². The van der Waals surface area contributed by atoms with Crippen molar-refractivity contribution in [1.82, 2.24) is 0 Å². The Kier molecular flexibility index (Phi) is 3.01. The smallest absolute Gasteiger partial charge is 0.258 e. The normalized spacial score (nSPS) is 9.81. The Labute approximate surface area is 95.1 Å². The summed E-state index contributed by atoms with van der Waals surface area (Å²) in [5.41, 5.74) is 1.46. The van der Waals surface area contributed by atoms with Crippen LogP contribution in [0.2, 0.25) is 0 Å². The molecule has 2 aromatic rings. The summed E-state index contributed by atoms with van der Waals surface area (Å²) in [5.74, 6) is -0.0250. The molecule has 79 valence electrons. The summed E-state index contributed by atoms with van der Waals surface area (Å²) in [4.78, 5) is 13.6. The number of carbonyl (C=O) groups excluding carboxylic acids is 1. The van der Waals surface area contributed by atoms with Gasteiger partial charge in [0.25, 0.3) is 5.91 Å². The van der Waals surface area contributed by atoms with Crippen molar-refractivity contribution in [3.05, 3.63) is 66.2 Å². The molecule has 0 atom stereocenters. The lowest BCUT2D eigenvalue weighted by Gasteiger charge is -2.16. The summed E-state index contributed by atoms with van der Waals surface area (Å²) in [6.07, 6.45) is 0. The van der Waals surface area contributed by atoms with Gasteiger partial charge in [-0.3, -0.25) is 4.79 Å². The Balaban J connectivity index is 2.24. The zero-order valence-corrected chi connectivity index (χ0v) is 9.05.